The molecule has 0 saturated carbocycles. The Labute approximate surface area is 162 Å². The molecule has 3 N–H and O–H groups in total. The molecule has 1 aliphatic rings. The second-order valence-corrected chi connectivity index (χ2v) is 7.66. The number of amides is 2. The van der Waals surface area contributed by atoms with Crippen LogP contribution in [-0.2, 0) is 16.1 Å². The minimum Gasteiger partial charge on any atom is -0.369 e. The van der Waals surface area contributed by atoms with Gasteiger partial charge in [0.05, 0.1) is 18.1 Å². The summed E-state index contributed by atoms with van der Waals surface area (Å²) in [7, 11) is 0. The van der Waals surface area contributed by atoms with Crippen molar-refractivity contribution in [2.45, 2.75) is 44.4 Å². The summed E-state index contributed by atoms with van der Waals surface area (Å²) >= 11 is 1.48. The van der Waals surface area contributed by atoms with Gasteiger partial charge in [0.2, 0.25) is 11.8 Å². The predicted molar refractivity (Wildman–Crippen MR) is 105 cm³/mol. The van der Waals surface area contributed by atoms with Crippen LogP contribution in [0.3, 0.4) is 0 Å². The van der Waals surface area contributed by atoms with Crippen LogP contribution in [0, 0.1) is 5.92 Å². The van der Waals surface area contributed by atoms with Gasteiger partial charge in [0, 0.05) is 19.5 Å². The van der Waals surface area contributed by atoms with Gasteiger partial charge in [-0.3, -0.25) is 9.59 Å². The number of nitrogens with one attached hydrogen (secondary N) is 3. The van der Waals surface area contributed by atoms with Gasteiger partial charge in [-0.2, -0.15) is 5.10 Å². The molecule has 10 heteroatoms. The zero-order chi connectivity index (χ0) is 19.4. The molecule has 2 aromatic rings. The van der Waals surface area contributed by atoms with Gasteiger partial charge in [0.15, 0.2) is 10.8 Å². The van der Waals surface area contributed by atoms with Crippen molar-refractivity contribution in [1.29, 1.82) is 0 Å². The average Bonchev–Trinajstić information content (AvgIpc) is 3.26. The Morgan fingerprint density at radius 2 is 2.26 bits per heavy atom. The molecule has 0 aliphatic carbocycles. The molecule has 146 valence electrons. The van der Waals surface area contributed by atoms with Crippen LogP contribution in [0.4, 0.5) is 5.82 Å². The van der Waals surface area contributed by atoms with E-state index in [-0.39, 0.29) is 11.8 Å². The molecule has 0 bridgehead atoms. The first-order valence-electron chi connectivity index (χ1n) is 9.06. The fourth-order valence-electron chi connectivity index (χ4n) is 2.84. The van der Waals surface area contributed by atoms with Crippen molar-refractivity contribution in [2.24, 2.45) is 5.92 Å². The molecule has 1 aliphatic heterocycles. The lowest BCUT2D eigenvalue weighted by Crippen LogP contribution is -2.42. The normalized spacial score (nSPS) is 16.7. The second kappa shape index (κ2) is 8.55. The summed E-state index contributed by atoms with van der Waals surface area (Å²) in [6, 6.07) is -0.427. The van der Waals surface area contributed by atoms with Crippen LogP contribution in [0.25, 0.3) is 11.0 Å². The van der Waals surface area contributed by atoms with E-state index >= 15 is 0 Å². The highest BCUT2D eigenvalue weighted by atomic mass is 32.2. The molecule has 1 fully saturated rings. The van der Waals surface area contributed by atoms with Crippen molar-refractivity contribution in [1.82, 2.24) is 30.4 Å². The maximum atomic E-state index is 12.1. The molecule has 3 rings (SSSR count). The van der Waals surface area contributed by atoms with Crippen molar-refractivity contribution in [3.05, 3.63) is 6.20 Å². The maximum Gasteiger partial charge on any atom is 0.242 e. The average molecular weight is 392 g/mol. The highest BCUT2D eigenvalue weighted by molar-refractivity contribution is 7.98. The highest BCUT2D eigenvalue weighted by Crippen LogP contribution is 2.23. The van der Waals surface area contributed by atoms with E-state index in [1.165, 1.54) is 11.8 Å². The van der Waals surface area contributed by atoms with Crippen LogP contribution in [0.1, 0.15) is 26.7 Å². The minimum atomic E-state index is -0.427. The Kier molecular flexibility index (Phi) is 6.15. The van der Waals surface area contributed by atoms with Crippen LogP contribution in [0.15, 0.2) is 11.4 Å². The standard InChI is InChI=1S/C17H25N7O2S/c1-10(2)8-19-14-11-9-20-24(15(11)23-17(22-14)27-3)7-6-18-16(26)12-4-5-13(25)21-12/h9-10,12H,4-8H2,1-3H3,(H,18,26)(H,21,25)(H,19,22,23). The van der Waals surface area contributed by atoms with E-state index in [1.807, 2.05) is 6.26 Å². The van der Waals surface area contributed by atoms with Gasteiger partial charge >= 0.3 is 0 Å². The fourth-order valence-corrected chi connectivity index (χ4v) is 3.21. The summed E-state index contributed by atoms with van der Waals surface area (Å²) in [4.78, 5) is 32.4. The molecule has 9 nitrogen and oxygen atoms in total. The third-order valence-corrected chi connectivity index (χ3v) is 4.82. The SMILES string of the molecule is CSc1nc(NCC(C)C)c2cnn(CCNC(=O)C3CCC(=O)N3)c2n1. The predicted octanol–water partition coefficient (Wildman–Crippen LogP) is 1.01. The molecule has 3 heterocycles. The quantitative estimate of drug-likeness (QED) is 0.454. The molecule has 0 radical (unpaired) electrons. The van der Waals surface area contributed by atoms with E-state index < -0.39 is 6.04 Å². The number of anilines is 1. The summed E-state index contributed by atoms with van der Waals surface area (Å²) in [6.07, 6.45) is 4.64. The molecule has 2 amide bonds. The molecular formula is C17H25N7O2S. The molecule has 2 aromatic heterocycles. The number of fused-ring (bicyclic) bond motifs is 1. The first-order valence-corrected chi connectivity index (χ1v) is 10.3. The molecule has 1 unspecified atom stereocenters. The van der Waals surface area contributed by atoms with Crippen LogP contribution >= 0.6 is 11.8 Å². The zero-order valence-electron chi connectivity index (χ0n) is 15.8. The van der Waals surface area contributed by atoms with Gasteiger partial charge in [0.25, 0.3) is 0 Å². The zero-order valence-corrected chi connectivity index (χ0v) is 16.6. The molecule has 0 spiro atoms. The summed E-state index contributed by atoms with van der Waals surface area (Å²) in [6.45, 7) is 5.99. The second-order valence-electron chi connectivity index (χ2n) is 6.89. The van der Waals surface area contributed by atoms with Crippen LogP contribution in [0.2, 0.25) is 0 Å². The van der Waals surface area contributed by atoms with Gasteiger partial charge in [-0.15, -0.1) is 0 Å². The maximum absolute atomic E-state index is 12.1. The summed E-state index contributed by atoms with van der Waals surface area (Å²) in [5, 5.41) is 14.8. The van der Waals surface area contributed by atoms with Crippen molar-refractivity contribution in [2.75, 3.05) is 24.7 Å². The fraction of sp³-hybridized carbons (Fsp3) is 0.588. The molecule has 1 saturated heterocycles. The Morgan fingerprint density at radius 1 is 1.44 bits per heavy atom. The van der Waals surface area contributed by atoms with E-state index in [1.54, 1.807) is 10.9 Å². The van der Waals surface area contributed by atoms with Gasteiger partial charge in [-0.25, -0.2) is 14.6 Å². The lowest BCUT2D eigenvalue weighted by Gasteiger charge is -2.12. The summed E-state index contributed by atoms with van der Waals surface area (Å²) < 4.78 is 1.77. The van der Waals surface area contributed by atoms with Crippen LogP contribution in [0.5, 0.6) is 0 Å². The Balaban J connectivity index is 1.68. The summed E-state index contributed by atoms with van der Waals surface area (Å²) in [5.41, 5.74) is 0.740. The number of hydrogen-bond acceptors (Lipinski definition) is 7. The van der Waals surface area contributed by atoms with Gasteiger partial charge in [-0.1, -0.05) is 25.6 Å². The Bertz CT molecular complexity index is 836. The monoisotopic (exact) mass is 391 g/mol. The third kappa shape index (κ3) is 4.68. The number of rotatable bonds is 8. The lowest BCUT2D eigenvalue weighted by molar-refractivity contribution is -0.125. The Hall–Kier alpha value is -2.36. The largest absolute Gasteiger partial charge is 0.369 e. The van der Waals surface area contributed by atoms with Crippen molar-refractivity contribution < 1.29 is 9.59 Å². The third-order valence-electron chi connectivity index (χ3n) is 4.27. The van der Waals surface area contributed by atoms with E-state index in [4.69, 9.17) is 0 Å². The molecule has 27 heavy (non-hydrogen) atoms. The first-order chi connectivity index (χ1) is 13.0. The minimum absolute atomic E-state index is 0.0732. The number of carbonyl (C=O) groups excluding carboxylic acids is 2. The van der Waals surface area contributed by atoms with E-state index in [2.05, 4.69) is 44.9 Å². The van der Waals surface area contributed by atoms with E-state index in [0.717, 1.165) is 23.4 Å². The van der Waals surface area contributed by atoms with E-state index in [0.29, 0.717) is 37.0 Å². The number of aromatic nitrogens is 4. The van der Waals surface area contributed by atoms with Crippen molar-refractivity contribution in [3.63, 3.8) is 0 Å². The number of thioether (sulfide) groups is 1. The van der Waals surface area contributed by atoms with Gasteiger partial charge in [-0.05, 0) is 18.6 Å². The van der Waals surface area contributed by atoms with Crippen molar-refractivity contribution in [3.8, 4) is 0 Å². The van der Waals surface area contributed by atoms with Crippen LogP contribution < -0.4 is 16.0 Å². The van der Waals surface area contributed by atoms with Gasteiger partial charge < -0.3 is 16.0 Å². The number of nitrogens with zero attached hydrogens (tertiary/aromatic N) is 4. The summed E-state index contributed by atoms with van der Waals surface area (Å²) in [5.74, 6) is 1.04. The molecule has 0 aromatic carbocycles. The van der Waals surface area contributed by atoms with Gasteiger partial charge in [0.1, 0.15) is 11.9 Å². The van der Waals surface area contributed by atoms with Crippen LogP contribution in [-0.4, -0.2) is 56.9 Å². The first kappa shape index (κ1) is 19.4. The van der Waals surface area contributed by atoms with E-state index in [9.17, 15) is 9.59 Å². The number of hydrogen-bond donors (Lipinski definition) is 3. The highest BCUT2D eigenvalue weighted by Gasteiger charge is 2.26. The van der Waals surface area contributed by atoms with Crippen molar-refractivity contribution >= 4 is 40.4 Å². The molecular weight excluding hydrogens is 366 g/mol. The lowest BCUT2D eigenvalue weighted by atomic mass is 10.2. The molecule has 1 atom stereocenters. The smallest absolute Gasteiger partial charge is 0.242 e. The Morgan fingerprint density at radius 3 is 2.93 bits per heavy atom. The number of carbonyl (C=O) groups is 2. The topological polar surface area (TPSA) is 114 Å².